The summed E-state index contributed by atoms with van der Waals surface area (Å²) in [6.45, 7) is 4.88. The predicted octanol–water partition coefficient (Wildman–Crippen LogP) is 5.72. The van der Waals surface area contributed by atoms with Gasteiger partial charge in [0.2, 0.25) is 0 Å². The van der Waals surface area contributed by atoms with Crippen LogP contribution in [0.4, 0.5) is 0 Å². The highest BCUT2D eigenvalue weighted by molar-refractivity contribution is 5.69. The van der Waals surface area contributed by atoms with Crippen molar-refractivity contribution in [2.24, 2.45) is 0 Å². The van der Waals surface area contributed by atoms with Crippen molar-refractivity contribution in [1.82, 2.24) is 0 Å². The monoisotopic (exact) mass is 426 g/mol. The molecule has 0 aliphatic heterocycles. The standard InChI is InChI=1S/C27H38O4/c1-26(20-25(29)30,22-12-6-4-7-13-22)18-10-16-24(28)17-11-19-27(2,21-31-3)23-14-8-5-9-15-23/h4-9,12-15,24,28H,10-11,16-21H2,1-3H3,(H,29,30). The molecule has 3 unspecified atom stereocenters. The SMILES string of the molecule is COCC(C)(CCCC(O)CCCC(C)(CC(=O)O)c1ccccc1)c1ccccc1. The van der Waals surface area contributed by atoms with Crippen LogP contribution >= 0.6 is 0 Å². The normalized spacial score (nSPS) is 16.3. The maximum atomic E-state index is 11.4. The Kier molecular flexibility index (Phi) is 9.73. The van der Waals surface area contributed by atoms with Gasteiger partial charge in [-0.15, -0.1) is 0 Å². The lowest BCUT2D eigenvalue weighted by Crippen LogP contribution is -2.28. The molecule has 4 heteroatoms. The van der Waals surface area contributed by atoms with Gasteiger partial charge in [0.05, 0.1) is 19.1 Å². The number of rotatable bonds is 14. The quantitative estimate of drug-likeness (QED) is 0.405. The lowest BCUT2D eigenvalue weighted by molar-refractivity contribution is -0.138. The number of hydrogen-bond donors (Lipinski definition) is 2. The van der Waals surface area contributed by atoms with Crippen LogP contribution < -0.4 is 0 Å². The van der Waals surface area contributed by atoms with E-state index < -0.39 is 11.4 Å². The van der Waals surface area contributed by atoms with Crippen molar-refractivity contribution in [3.8, 4) is 0 Å². The number of carbonyl (C=O) groups is 1. The number of aliphatic carboxylic acids is 1. The summed E-state index contributed by atoms with van der Waals surface area (Å²) in [6, 6.07) is 20.3. The molecule has 0 aliphatic rings. The van der Waals surface area contributed by atoms with Crippen molar-refractivity contribution in [3.05, 3.63) is 71.8 Å². The van der Waals surface area contributed by atoms with E-state index in [1.807, 2.05) is 43.3 Å². The second-order valence-corrected chi connectivity index (χ2v) is 9.30. The van der Waals surface area contributed by atoms with Gasteiger partial charge in [0.15, 0.2) is 0 Å². The molecule has 0 radical (unpaired) electrons. The van der Waals surface area contributed by atoms with Gasteiger partial charge in [0, 0.05) is 17.9 Å². The first-order valence-corrected chi connectivity index (χ1v) is 11.3. The second kappa shape index (κ2) is 12.0. The summed E-state index contributed by atoms with van der Waals surface area (Å²) >= 11 is 0. The molecule has 31 heavy (non-hydrogen) atoms. The Morgan fingerprint density at radius 2 is 1.32 bits per heavy atom. The Hall–Kier alpha value is -2.17. The molecule has 0 aromatic heterocycles. The molecule has 2 aromatic carbocycles. The van der Waals surface area contributed by atoms with Gasteiger partial charge in [-0.3, -0.25) is 4.79 Å². The number of carboxylic acids is 1. The van der Waals surface area contributed by atoms with Gasteiger partial charge in [0.25, 0.3) is 0 Å². The number of hydrogen-bond acceptors (Lipinski definition) is 3. The molecule has 2 aromatic rings. The summed E-state index contributed by atoms with van der Waals surface area (Å²) in [4.78, 5) is 11.4. The minimum atomic E-state index is -0.787. The number of aliphatic hydroxyl groups excluding tert-OH is 1. The van der Waals surface area contributed by atoms with Gasteiger partial charge in [-0.2, -0.15) is 0 Å². The third kappa shape index (κ3) is 7.79. The summed E-state index contributed by atoms with van der Waals surface area (Å²) in [5.74, 6) is -0.787. The Morgan fingerprint density at radius 3 is 1.77 bits per heavy atom. The fourth-order valence-electron chi connectivity index (χ4n) is 4.57. The van der Waals surface area contributed by atoms with E-state index in [1.54, 1.807) is 7.11 Å². The van der Waals surface area contributed by atoms with Gasteiger partial charge in [-0.25, -0.2) is 0 Å². The minimum absolute atomic E-state index is 0.0664. The van der Waals surface area contributed by atoms with Crippen LogP contribution in [0, 0.1) is 0 Å². The molecule has 0 saturated carbocycles. The molecule has 4 nitrogen and oxygen atoms in total. The number of aliphatic hydroxyl groups is 1. The van der Waals surface area contributed by atoms with Crippen LogP contribution in [0.3, 0.4) is 0 Å². The van der Waals surface area contributed by atoms with Gasteiger partial charge in [-0.05, 0) is 49.7 Å². The maximum absolute atomic E-state index is 11.4. The van der Waals surface area contributed by atoms with E-state index in [2.05, 4.69) is 31.2 Å². The van der Waals surface area contributed by atoms with Crippen LogP contribution in [0.2, 0.25) is 0 Å². The van der Waals surface area contributed by atoms with Crippen molar-refractivity contribution in [2.75, 3.05) is 13.7 Å². The summed E-state index contributed by atoms with van der Waals surface area (Å²) in [6.07, 6.45) is 4.57. The van der Waals surface area contributed by atoms with Crippen molar-refractivity contribution in [1.29, 1.82) is 0 Å². The highest BCUT2D eigenvalue weighted by atomic mass is 16.5. The molecule has 0 heterocycles. The van der Waals surface area contributed by atoms with Crippen molar-refractivity contribution >= 4 is 5.97 Å². The summed E-state index contributed by atoms with van der Waals surface area (Å²) in [5, 5.41) is 19.9. The molecule has 0 bridgehead atoms. The van der Waals surface area contributed by atoms with E-state index in [0.717, 1.165) is 37.7 Å². The molecule has 0 fully saturated rings. The summed E-state index contributed by atoms with van der Waals surface area (Å²) in [7, 11) is 1.73. The van der Waals surface area contributed by atoms with E-state index in [4.69, 9.17) is 4.74 Å². The van der Waals surface area contributed by atoms with E-state index >= 15 is 0 Å². The molecular weight excluding hydrogens is 388 g/mol. The van der Waals surface area contributed by atoms with Crippen LogP contribution in [0.1, 0.15) is 69.9 Å². The largest absolute Gasteiger partial charge is 0.481 e. The van der Waals surface area contributed by atoms with E-state index in [9.17, 15) is 15.0 Å². The van der Waals surface area contributed by atoms with Gasteiger partial charge in [-0.1, -0.05) is 74.5 Å². The number of methoxy groups -OCH3 is 1. The Morgan fingerprint density at radius 1 is 0.871 bits per heavy atom. The van der Waals surface area contributed by atoms with Crippen LogP contribution in [0.25, 0.3) is 0 Å². The third-order valence-electron chi connectivity index (χ3n) is 6.48. The van der Waals surface area contributed by atoms with Crippen LogP contribution in [-0.2, 0) is 20.4 Å². The molecule has 0 spiro atoms. The molecule has 2 rings (SSSR count). The topological polar surface area (TPSA) is 66.8 Å². The molecule has 0 aliphatic carbocycles. The Labute approximate surface area is 187 Å². The number of benzene rings is 2. The van der Waals surface area contributed by atoms with E-state index in [0.29, 0.717) is 13.0 Å². The molecule has 170 valence electrons. The molecule has 2 N–H and O–H groups in total. The van der Waals surface area contributed by atoms with Gasteiger partial charge in [0.1, 0.15) is 0 Å². The lowest BCUT2D eigenvalue weighted by Gasteiger charge is -2.30. The smallest absolute Gasteiger partial charge is 0.304 e. The Balaban J connectivity index is 1.85. The van der Waals surface area contributed by atoms with Gasteiger partial charge < -0.3 is 14.9 Å². The second-order valence-electron chi connectivity index (χ2n) is 9.30. The zero-order chi connectivity index (χ0) is 22.7. The maximum Gasteiger partial charge on any atom is 0.304 e. The van der Waals surface area contributed by atoms with Crippen LogP contribution in [-0.4, -0.2) is 36.0 Å². The first kappa shape index (κ1) is 25.1. The molecule has 0 amide bonds. The van der Waals surface area contributed by atoms with Crippen LogP contribution in [0.5, 0.6) is 0 Å². The van der Waals surface area contributed by atoms with Crippen molar-refractivity contribution < 1.29 is 19.7 Å². The third-order valence-corrected chi connectivity index (χ3v) is 6.48. The molecule has 0 saturated heterocycles. The number of carboxylic acid groups (broad SMARTS) is 1. The fraction of sp³-hybridized carbons (Fsp3) is 0.519. The zero-order valence-corrected chi connectivity index (χ0v) is 19.2. The van der Waals surface area contributed by atoms with Gasteiger partial charge >= 0.3 is 5.97 Å². The van der Waals surface area contributed by atoms with E-state index in [1.165, 1.54) is 5.56 Å². The molecular formula is C27H38O4. The predicted molar refractivity (Wildman–Crippen MR) is 125 cm³/mol. The number of ether oxygens (including phenoxy) is 1. The Bertz CT molecular complexity index is 776. The highest BCUT2D eigenvalue weighted by Gasteiger charge is 2.30. The summed E-state index contributed by atoms with van der Waals surface area (Å²) in [5.41, 5.74) is 1.82. The zero-order valence-electron chi connectivity index (χ0n) is 19.2. The first-order valence-electron chi connectivity index (χ1n) is 11.3. The fourth-order valence-corrected chi connectivity index (χ4v) is 4.57. The first-order chi connectivity index (χ1) is 14.8. The van der Waals surface area contributed by atoms with Crippen LogP contribution in [0.15, 0.2) is 60.7 Å². The van der Waals surface area contributed by atoms with Crippen molar-refractivity contribution in [2.45, 2.75) is 75.7 Å². The van der Waals surface area contributed by atoms with Crippen molar-refractivity contribution in [3.63, 3.8) is 0 Å². The van der Waals surface area contributed by atoms with E-state index in [-0.39, 0.29) is 17.9 Å². The average Bonchev–Trinajstić information content (AvgIpc) is 2.75. The molecule has 3 atom stereocenters. The lowest BCUT2D eigenvalue weighted by atomic mass is 9.75. The highest BCUT2D eigenvalue weighted by Crippen LogP contribution is 2.34. The average molecular weight is 427 g/mol. The summed E-state index contributed by atoms with van der Waals surface area (Å²) < 4.78 is 5.48. The minimum Gasteiger partial charge on any atom is -0.481 e.